The van der Waals surface area contributed by atoms with E-state index in [1.807, 2.05) is 48.5 Å². The number of halogens is 3. The van der Waals surface area contributed by atoms with Crippen LogP contribution in [0.4, 0.5) is 18.0 Å². The largest absolute Gasteiger partial charge is 0.481 e. The highest BCUT2D eigenvalue weighted by Gasteiger charge is 2.47. The van der Waals surface area contributed by atoms with Crippen molar-refractivity contribution in [1.82, 2.24) is 4.90 Å². The highest BCUT2D eigenvalue weighted by atomic mass is 19.4. The van der Waals surface area contributed by atoms with E-state index in [0.717, 1.165) is 27.2 Å². The van der Waals surface area contributed by atoms with Gasteiger partial charge in [0.2, 0.25) is 0 Å². The molecule has 2 aromatic carbocycles. The quantitative estimate of drug-likeness (QED) is 0.785. The van der Waals surface area contributed by atoms with Crippen molar-refractivity contribution in [3.63, 3.8) is 0 Å². The van der Waals surface area contributed by atoms with Gasteiger partial charge in [-0.2, -0.15) is 13.2 Å². The van der Waals surface area contributed by atoms with Gasteiger partial charge >= 0.3 is 18.2 Å². The van der Waals surface area contributed by atoms with E-state index in [1.54, 1.807) is 0 Å². The van der Waals surface area contributed by atoms with Crippen molar-refractivity contribution >= 4 is 12.1 Å². The van der Waals surface area contributed by atoms with Gasteiger partial charge in [-0.3, -0.25) is 9.69 Å². The van der Waals surface area contributed by atoms with Crippen molar-refractivity contribution in [3.05, 3.63) is 59.7 Å². The van der Waals surface area contributed by atoms with Crippen LogP contribution in [0.5, 0.6) is 0 Å². The first-order valence-electron chi connectivity index (χ1n) is 9.77. The number of alkyl halides is 3. The summed E-state index contributed by atoms with van der Waals surface area (Å²) in [5, 5.41) is 9.06. The van der Waals surface area contributed by atoms with E-state index in [4.69, 9.17) is 14.6 Å². The molecule has 1 saturated heterocycles. The lowest BCUT2D eigenvalue weighted by Gasteiger charge is -2.38. The van der Waals surface area contributed by atoms with Gasteiger partial charge < -0.3 is 14.6 Å². The zero-order valence-electron chi connectivity index (χ0n) is 16.3. The third-order valence-electron chi connectivity index (χ3n) is 5.64. The third-order valence-corrected chi connectivity index (χ3v) is 5.64. The zero-order valence-corrected chi connectivity index (χ0v) is 16.3. The molecule has 6 nitrogen and oxygen atoms in total. The fourth-order valence-corrected chi connectivity index (χ4v) is 4.17. The topological polar surface area (TPSA) is 76.1 Å². The third kappa shape index (κ3) is 4.23. The SMILES string of the molecule is O=C(O)CC1COC(C(F)(F)F)CN1C(=O)OCC1c2ccccc2-c2ccccc21. The number of ether oxygens (including phenoxy) is 2. The van der Waals surface area contributed by atoms with Crippen LogP contribution in [0.1, 0.15) is 23.5 Å². The molecule has 2 aliphatic rings. The molecule has 0 bridgehead atoms. The molecule has 31 heavy (non-hydrogen) atoms. The molecule has 0 aromatic heterocycles. The van der Waals surface area contributed by atoms with Gasteiger partial charge in [0.25, 0.3) is 0 Å². The molecule has 0 spiro atoms. The van der Waals surface area contributed by atoms with Crippen molar-refractivity contribution in [3.8, 4) is 11.1 Å². The van der Waals surface area contributed by atoms with E-state index in [2.05, 4.69) is 0 Å². The Balaban J connectivity index is 1.52. The molecule has 9 heteroatoms. The van der Waals surface area contributed by atoms with Crippen LogP contribution >= 0.6 is 0 Å². The van der Waals surface area contributed by atoms with Crippen molar-refractivity contribution in [1.29, 1.82) is 0 Å². The summed E-state index contributed by atoms with van der Waals surface area (Å²) in [5.41, 5.74) is 3.97. The van der Waals surface area contributed by atoms with Crippen LogP contribution in [-0.4, -0.2) is 60.1 Å². The molecule has 0 radical (unpaired) electrons. The van der Waals surface area contributed by atoms with Crippen LogP contribution in [0.25, 0.3) is 11.1 Å². The van der Waals surface area contributed by atoms with E-state index >= 15 is 0 Å². The number of rotatable bonds is 4. The second-order valence-corrected chi connectivity index (χ2v) is 7.57. The Morgan fingerprint density at radius 3 is 2.19 bits per heavy atom. The lowest BCUT2D eigenvalue weighted by atomic mass is 9.98. The summed E-state index contributed by atoms with van der Waals surface area (Å²) in [7, 11) is 0. The Labute approximate surface area is 176 Å². The number of morpholine rings is 1. The Bertz CT molecular complexity index is 948. The molecule has 0 saturated carbocycles. The summed E-state index contributed by atoms with van der Waals surface area (Å²) >= 11 is 0. The van der Waals surface area contributed by atoms with Crippen molar-refractivity contribution in [2.45, 2.75) is 30.7 Å². The average Bonchev–Trinajstić information content (AvgIpc) is 3.05. The molecule has 1 aliphatic carbocycles. The Morgan fingerprint density at radius 1 is 1.06 bits per heavy atom. The van der Waals surface area contributed by atoms with Crippen molar-refractivity contribution < 1.29 is 37.3 Å². The van der Waals surface area contributed by atoms with E-state index in [9.17, 15) is 22.8 Å². The molecule has 1 fully saturated rings. The number of amides is 1. The molecule has 1 N–H and O–H groups in total. The minimum Gasteiger partial charge on any atom is -0.481 e. The van der Waals surface area contributed by atoms with Gasteiger partial charge in [0.15, 0.2) is 6.10 Å². The van der Waals surface area contributed by atoms with Gasteiger partial charge in [0.1, 0.15) is 6.61 Å². The number of nitrogens with zero attached hydrogens (tertiary/aromatic N) is 1. The summed E-state index contributed by atoms with van der Waals surface area (Å²) in [6.45, 7) is -1.40. The second kappa shape index (κ2) is 8.22. The lowest BCUT2D eigenvalue weighted by Crippen LogP contribution is -2.56. The summed E-state index contributed by atoms with van der Waals surface area (Å²) in [6, 6.07) is 14.3. The maximum atomic E-state index is 13.1. The van der Waals surface area contributed by atoms with Crippen molar-refractivity contribution in [2.75, 3.05) is 19.8 Å². The first-order chi connectivity index (χ1) is 14.8. The predicted molar refractivity (Wildman–Crippen MR) is 104 cm³/mol. The van der Waals surface area contributed by atoms with E-state index in [0.29, 0.717) is 0 Å². The molecule has 4 rings (SSSR count). The maximum Gasteiger partial charge on any atom is 0.416 e. The maximum absolute atomic E-state index is 13.1. The first kappa shape index (κ1) is 21.2. The summed E-state index contributed by atoms with van der Waals surface area (Å²) in [6.07, 6.45) is -8.37. The van der Waals surface area contributed by atoms with Gasteiger partial charge in [0.05, 0.1) is 25.6 Å². The number of aliphatic carboxylic acids is 1. The minimum atomic E-state index is -4.67. The molecule has 164 valence electrons. The normalized spacial score (nSPS) is 20.8. The predicted octanol–water partition coefficient (Wildman–Crippen LogP) is 4.04. The van der Waals surface area contributed by atoms with Crippen LogP contribution in [-0.2, 0) is 14.3 Å². The molecule has 1 aliphatic heterocycles. The van der Waals surface area contributed by atoms with Gasteiger partial charge in [-0.05, 0) is 22.3 Å². The summed E-state index contributed by atoms with van der Waals surface area (Å²) in [5.74, 6) is -1.50. The van der Waals surface area contributed by atoms with E-state index in [1.165, 1.54) is 0 Å². The van der Waals surface area contributed by atoms with Crippen LogP contribution in [0.2, 0.25) is 0 Å². The van der Waals surface area contributed by atoms with Gasteiger partial charge in [-0.25, -0.2) is 4.79 Å². The standard InChI is InChI=1S/C22H20F3NO5/c23-22(24,25)19-10-26(13(11-30-19)9-20(27)28)21(29)31-12-18-16-7-3-1-5-14(16)15-6-2-4-8-17(15)18/h1-8,13,18-19H,9-12H2,(H,27,28). The lowest BCUT2D eigenvalue weighted by molar-refractivity contribution is -0.241. The van der Waals surface area contributed by atoms with Crippen LogP contribution < -0.4 is 0 Å². The minimum absolute atomic E-state index is 0.0688. The highest BCUT2D eigenvalue weighted by molar-refractivity contribution is 5.79. The van der Waals surface area contributed by atoms with Gasteiger partial charge in [-0.1, -0.05) is 48.5 Å². The molecular formula is C22H20F3NO5. The van der Waals surface area contributed by atoms with Crippen LogP contribution in [0.15, 0.2) is 48.5 Å². The van der Waals surface area contributed by atoms with Gasteiger partial charge in [0, 0.05) is 5.92 Å². The summed E-state index contributed by atoms with van der Waals surface area (Å²) < 4.78 is 49.5. The number of carboxylic acids is 1. The molecular weight excluding hydrogens is 415 g/mol. The Morgan fingerprint density at radius 2 is 1.65 bits per heavy atom. The fourth-order valence-electron chi connectivity index (χ4n) is 4.17. The number of carboxylic acid groups (broad SMARTS) is 1. The number of fused-ring (bicyclic) bond motifs is 3. The van der Waals surface area contributed by atoms with E-state index in [-0.39, 0.29) is 12.5 Å². The number of hydrogen-bond donors (Lipinski definition) is 1. The average molecular weight is 435 g/mol. The molecule has 1 heterocycles. The molecule has 2 unspecified atom stereocenters. The number of carbonyl (C=O) groups is 2. The van der Waals surface area contributed by atoms with Gasteiger partial charge in [-0.15, -0.1) is 0 Å². The van der Waals surface area contributed by atoms with Crippen LogP contribution in [0.3, 0.4) is 0 Å². The number of carbonyl (C=O) groups excluding carboxylic acids is 1. The highest BCUT2D eigenvalue weighted by Crippen LogP contribution is 2.44. The molecule has 2 aromatic rings. The smallest absolute Gasteiger partial charge is 0.416 e. The van der Waals surface area contributed by atoms with Crippen LogP contribution in [0, 0.1) is 0 Å². The first-order valence-corrected chi connectivity index (χ1v) is 9.77. The zero-order chi connectivity index (χ0) is 22.2. The Kier molecular flexibility index (Phi) is 5.62. The molecule has 2 atom stereocenters. The molecule has 1 amide bonds. The van der Waals surface area contributed by atoms with Crippen molar-refractivity contribution in [2.24, 2.45) is 0 Å². The summed E-state index contributed by atoms with van der Waals surface area (Å²) in [4.78, 5) is 24.7. The number of hydrogen-bond acceptors (Lipinski definition) is 4. The second-order valence-electron chi connectivity index (χ2n) is 7.57. The monoisotopic (exact) mass is 435 g/mol. The number of benzene rings is 2. The fraction of sp³-hybridized carbons (Fsp3) is 0.364. The van der Waals surface area contributed by atoms with E-state index < -0.39 is 50.0 Å². The Hall–Kier alpha value is -3.07.